The van der Waals surface area contributed by atoms with Crippen LogP contribution in [-0.2, 0) is 6.54 Å². The molecule has 100 valence electrons. The Hall–Kier alpha value is -1.66. The molecule has 2 amide bonds. The number of carbonyl (C=O) groups is 1. The molecule has 6 nitrogen and oxygen atoms in total. The SMILES string of the molecule is COc1cc(Cl)cc(CNCCNC(N)=O)c1O. The average molecular weight is 274 g/mol. The quantitative estimate of drug-likeness (QED) is 0.577. The highest BCUT2D eigenvalue weighted by Crippen LogP contribution is 2.33. The number of carbonyl (C=O) groups excluding carboxylic acids is 1. The fraction of sp³-hybridized carbons (Fsp3) is 0.364. The molecule has 1 aromatic carbocycles. The van der Waals surface area contributed by atoms with Crippen LogP contribution in [0.15, 0.2) is 12.1 Å². The van der Waals surface area contributed by atoms with E-state index in [4.69, 9.17) is 22.1 Å². The van der Waals surface area contributed by atoms with Crippen molar-refractivity contribution in [1.29, 1.82) is 0 Å². The second-order valence-corrected chi connectivity index (χ2v) is 4.02. The van der Waals surface area contributed by atoms with Crippen molar-refractivity contribution >= 4 is 17.6 Å². The number of amides is 2. The number of ether oxygens (including phenoxy) is 1. The van der Waals surface area contributed by atoms with Gasteiger partial charge < -0.3 is 26.2 Å². The summed E-state index contributed by atoms with van der Waals surface area (Å²) in [6.07, 6.45) is 0. The third-order valence-electron chi connectivity index (χ3n) is 2.26. The van der Waals surface area contributed by atoms with Crippen LogP contribution in [0.25, 0.3) is 0 Å². The predicted molar refractivity (Wildman–Crippen MR) is 69.0 cm³/mol. The predicted octanol–water partition coefficient (Wildman–Crippen LogP) is 0.812. The smallest absolute Gasteiger partial charge is 0.312 e. The summed E-state index contributed by atoms with van der Waals surface area (Å²) in [6, 6.07) is 2.62. The number of urea groups is 1. The normalized spacial score (nSPS) is 10.1. The molecule has 0 unspecified atom stereocenters. The van der Waals surface area contributed by atoms with Crippen LogP contribution in [-0.4, -0.2) is 31.3 Å². The van der Waals surface area contributed by atoms with Gasteiger partial charge in [0.15, 0.2) is 11.5 Å². The number of aromatic hydroxyl groups is 1. The molecule has 0 aliphatic carbocycles. The van der Waals surface area contributed by atoms with Crippen molar-refractivity contribution < 1.29 is 14.6 Å². The van der Waals surface area contributed by atoms with E-state index in [0.29, 0.717) is 36.0 Å². The summed E-state index contributed by atoms with van der Waals surface area (Å²) in [5.41, 5.74) is 5.54. The van der Waals surface area contributed by atoms with Gasteiger partial charge in [0, 0.05) is 36.3 Å². The molecule has 0 spiro atoms. The second kappa shape index (κ2) is 6.93. The molecule has 0 atom stereocenters. The number of hydrogen-bond donors (Lipinski definition) is 4. The summed E-state index contributed by atoms with van der Waals surface area (Å²) >= 11 is 5.89. The second-order valence-electron chi connectivity index (χ2n) is 3.58. The molecule has 0 radical (unpaired) electrons. The van der Waals surface area contributed by atoms with Crippen LogP contribution in [0.5, 0.6) is 11.5 Å². The summed E-state index contributed by atoms with van der Waals surface area (Å²) < 4.78 is 4.99. The van der Waals surface area contributed by atoms with Gasteiger partial charge in [0.2, 0.25) is 0 Å². The molecule has 0 aliphatic heterocycles. The first kappa shape index (κ1) is 14.4. The van der Waals surface area contributed by atoms with Crippen LogP contribution in [0.2, 0.25) is 5.02 Å². The van der Waals surface area contributed by atoms with Crippen molar-refractivity contribution in [3.05, 3.63) is 22.7 Å². The van der Waals surface area contributed by atoms with E-state index in [-0.39, 0.29) is 5.75 Å². The molecular formula is C11H16ClN3O3. The Morgan fingerprint density at radius 2 is 2.22 bits per heavy atom. The maximum absolute atomic E-state index is 10.4. The Morgan fingerprint density at radius 3 is 2.83 bits per heavy atom. The van der Waals surface area contributed by atoms with Gasteiger partial charge in [-0.1, -0.05) is 11.6 Å². The third kappa shape index (κ3) is 4.31. The molecule has 1 rings (SSSR count). The molecule has 18 heavy (non-hydrogen) atoms. The molecule has 5 N–H and O–H groups in total. The van der Waals surface area contributed by atoms with Crippen molar-refractivity contribution in [3.63, 3.8) is 0 Å². The molecule has 0 aliphatic rings. The lowest BCUT2D eigenvalue weighted by Crippen LogP contribution is -2.35. The summed E-state index contributed by atoms with van der Waals surface area (Å²) in [7, 11) is 1.46. The maximum Gasteiger partial charge on any atom is 0.312 e. The fourth-order valence-corrected chi connectivity index (χ4v) is 1.65. The number of benzene rings is 1. The lowest BCUT2D eigenvalue weighted by molar-refractivity contribution is 0.249. The van der Waals surface area contributed by atoms with Crippen molar-refractivity contribution in [2.75, 3.05) is 20.2 Å². The molecule has 0 fully saturated rings. The van der Waals surface area contributed by atoms with Crippen LogP contribution in [0.1, 0.15) is 5.56 Å². The number of halogens is 1. The number of phenolic OH excluding ortho intramolecular Hbond substituents is 1. The van der Waals surface area contributed by atoms with E-state index in [0.717, 1.165) is 0 Å². The van der Waals surface area contributed by atoms with Crippen molar-refractivity contribution in [1.82, 2.24) is 10.6 Å². The van der Waals surface area contributed by atoms with E-state index in [1.54, 1.807) is 6.07 Å². The van der Waals surface area contributed by atoms with Gasteiger partial charge in [-0.05, 0) is 6.07 Å². The van der Waals surface area contributed by atoms with Crippen molar-refractivity contribution in [3.8, 4) is 11.5 Å². The third-order valence-corrected chi connectivity index (χ3v) is 2.47. The minimum atomic E-state index is -0.566. The van der Waals surface area contributed by atoms with Crippen LogP contribution < -0.4 is 21.1 Å². The van der Waals surface area contributed by atoms with Crippen LogP contribution >= 0.6 is 11.6 Å². The van der Waals surface area contributed by atoms with Gasteiger partial charge in [-0.3, -0.25) is 0 Å². The van der Waals surface area contributed by atoms with Crippen LogP contribution in [0, 0.1) is 0 Å². The number of hydrogen-bond acceptors (Lipinski definition) is 4. The molecule has 0 bridgehead atoms. The Balaban J connectivity index is 2.51. The van der Waals surface area contributed by atoms with E-state index in [1.807, 2.05) is 0 Å². The number of rotatable bonds is 6. The fourth-order valence-electron chi connectivity index (χ4n) is 1.42. The zero-order chi connectivity index (χ0) is 13.5. The molecule has 0 aromatic heterocycles. The first-order valence-corrected chi connectivity index (χ1v) is 5.71. The summed E-state index contributed by atoms with van der Waals surface area (Å²) in [4.78, 5) is 10.4. The Bertz CT molecular complexity index is 426. The van der Waals surface area contributed by atoms with E-state index in [2.05, 4.69) is 10.6 Å². The van der Waals surface area contributed by atoms with E-state index in [1.165, 1.54) is 13.2 Å². The van der Waals surface area contributed by atoms with Crippen LogP contribution in [0.4, 0.5) is 4.79 Å². The van der Waals surface area contributed by atoms with Gasteiger partial charge >= 0.3 is 6.03 Å². The molecular weight excluding hydrogens is 258 g/mol. The Labute approximate surface area is 110 Å². The van der Waals surface area contributed by atoms with Gasteiger partial charge in [-0.2, -0.15) is 0 Å². The van der Waals surface area contributed by atoms with Gasteiger partial charge in [-0.15, -0.1) is 0 Å². The standard InChI is InChI=1S/C11H16ClN3O3/c1-18-9-5-8(12)4-7(10(9)16)6-14-2-3-15-11(13)17/h4-5,14,16H,2-3,6H2,1H3,(H3,13,15,17). The van der Waals surface area contributed by atoms with Gasteiger partial charge in [0.25, 0.3) is 0 Å². The first-order chi connectivity index (χ1) is 8.54. The molecule has 0 saturated heterocycles. The first-order valence-electron chi connectivity index (χ1n) is 5.34. The minimum absolute atomic E-state index is 0.0530. The average Bonchev–Trinajstić information content (AvgIpc) is 2.32. The molecule has 7 heteroatoms. The van der Waals surface area contributed by atoms with Gasteiger partial charge in [-0.25, -0.2) is 4.79 Å². The summed E-state index contributed by atoms with van der Waals surface area (Å²) in [6.45, 7) is 1.34. The number of nitrogens with one attached hydrogen (secondary N) is 2. The highest BCUT2D eigenvalue weighted by atomic mass is 35.5. The summed E-state index contributed by atoms with van der Waals surface area (Å²) in [5.74, 6) is 0.381. The minimum Gasteiger partial charge on any atom is -0.504 e. The van der Waals surface area contributed by atoms with E-state index < -0.39 is 6.03 Å². The highest BCUT2D eigenvalue weighted by molar-refractivity contribution is 6.30. The number of methoxy groups -OCH3 is 1. The number of phenols is 1. The van der Waals surface area contributed by atoms with Gasteiger partial charge in [0.1, 0.15) is 0 Å². The molecule has 1 aromatic rings. The lowest BCUT2D eigenvalue weighted by atomic mass is 10.2. The highest BCUT2D eigenvalue weighted by Gasteiger charge is 2.09. The Kier molecular flexibility index (Phi) is 5.54. The zero-order valence-electron chi connectivity index (χ0n) is 10.00. The Morgan fingerprint density at radius 1 is 1.50 bits per heavy atom. The van der Waals surface area contributed by atoms with Crippen LogP contribution in [0.3, 0.4) is 0 Å². The topological polar surface area (TPSA) is 96.6 Å². The van der Waals surface area contributed by atoms with Crippen molar-refractivity contribution in [2.45, 2.75) is 6.54 Å². The van der Waals surface area contributed by atoms with Gasteiger partial charge in [0.05, 0.1) is 7.11 Å². The largest absolute Gasteiger partial charge is 0.504 e. The zero-order valence-corrected chi connectivity index (χ0v) is 10.8. The number of primary amides is 1. The van der Waals surface area contributed by atoms with E-state index >= 15 is 0 Å². The maximum atomic E-state index is 10.4. The van der Waals surface area contributed by atoms with Crippen molar-refractivity contribution in [2.24, 2.45) is 5.73 Å². The molecule has 0 heterocycles. The lowest BCUT2D eigenvalue weighted by Gasteiger charge is -2.11. The van der Waals surface area contributed by atoms with E-state index in [9.17, 15) is 9.90 Å². The number of nitrogens with two attached hydrogens (primary N) is 1. The monoisotopic (exact) mass is 273 g/mol. The summed E-state index contributed by atoms with van der Waals surface area (Å²) in [5, 5.41) is 15.8. The molecule has 0 saturated carbocycles.